The van der Waals surface area contributed by atoms with Crippen LogP contribution in [0, 0.1) is 0 Å². The maximum Gasteiger partial charge on any atom is 0.254 e. The Kier molecular flexibility index (Phi) is 5.36. The smallest absolute Gasteiger partial charge is 0.254 e. The van der Waals surface area contributed by atoms with Gasteiger partial charge in [-0.3, -0.25) is 9.59 Å². The summed E-state index contributed by atoms with van der Waals surface area (Å²) in [6.07, 6.45) is 0. The molecule has 1 unspecified atom stereocenters. The van der Waals surface area contributed by atoms with Crippen LogP contribution in [0.3, 0.4) is 0 Å². The van der Waals surface area contributed by atoms with Crippen molar-refractivity contribution >= 4 is 27.7 Å². The monoisotopic (exact) mass is 354 g/mol. The van der Waals surface area contributed by atoms with E-state index in [4.69, 9.17) is 4.74 Å². The Morgan fingerprint density at radius 3 is 2.86 bits per heavy atom. The molecule has 1 aromatic rings. The predicted molar refractivity (Wildman–Crippen MR) is 83.1 cm³/mol. The first kappa shape index (κ1) is 16.0. The second-order valence-corrected chi connectivity index (χ2v) is 6.18. The highest BCUT2D eigenvalue weighted by atomic mass is 79.9. The minimum absolute atomic E-state index is 0.0299. The minimum Gasteiger partial charge on any atom is -0.377 e. The standard InChI is InChI=1S/C15H19BrN2O3/c1-10(2)17-14(19)13-9-21-7-6-18(13)15(20)11-4-3-5-12(16)8-11/h3-5,8,10,13H,6-7,9H2,1-2H3,(H,17,19). The molecule has 1 heterocycles. The molecule has 1 aliphatic rings. The number of rotatable bonds is 3. The van der Waals surface area contributed by atoms with Gasteiger partial charge in [0, 0.05) is 22.6 Å². The van der Waals surface area contributed by atoms with Gasteiger partial charge in [-0.15, -0.1) is 0 Å². The summed E-state index contributed by atoms with van der Waals surface area (Å²) >= 11 is 3.36. The number of nitrogens with one attached hydrogen (secondary N) is 1. The van der Waals surface area contributed by atoms with E-state index < -0.39 is 6.04 Å². The Bertz CT molecular complexity index is 533. The Morgan fingerprint density at radius 1 is 1.43 bits per heavy atom. The quantitative estimate of drug-likeness (QED) is 0.900. The molecule has 2 rings (SSSR count). The van der Waals surface area contributed by atoms with Gasteiger partial charge in [-0.1, -0.05) is 22.0 Å². The zero-order valence-corrected chi connectivity index (χ0v) is 13.7. The van der Waals surface area contributed by atoms with Crippen LogP contribution in [0.15, 0.2) is 28.7 Å². The SMILES string of the molecule is CC(C)NC(=O)C1COCCN1C(=O)c1cccc(Br)c1. The van der Waals surface area contributed by atoms with Crippen molar-refractivity contribution < 1.29 is 14.3 Å². The lowest BCUT2D eigenvalue weighted by Crippen LogP contribution is -2.56. The van der Waals surface area contributed by atoms with Crippen molar-refractivity contribution in [3.8, 4) is 0 Å². The van der Waals surface area contributed by atoms with E-state index in [2.05, 4.69) is 21.2 Å². The van der Waals surface area contributed by atoms with Crippen molar-refractivity contribution in [3.63, 3.8) is 0 Å². The summed E-state index contributed by atoms with van der Waals surface area (Å²) in [7, 11) is 0. The van der Waals surface area contributed by atoms with Crippen LogP contribution >= 0.6 is 15.9 Å². The van der Waals surface area contributed by atoms with Gasteiger partial charge in [0.1, 0.15) is 6.04 Å². The van der Waals surface area contributed by atoms with Crippen LogP contribution < -0.4 is 5.32 Å². The minimum atomic E-state index is -0.576. The lowest BCUT2D eigenvalue weighted by Gasteiger charge is -2.35. The van der Waals surface area contributed by atoms with E-state index in [0.717, 1.165) is 4.47 Å². The van der Waals surface area contributed by atoms with Crippen molar-refractivity contribution in [2.45, 2.75) is 25.9 Å². The maximum absolute atomic E-state index is 12.6. The third-order valence-corrected chi connectivity index (χ3v) is 3.69. The molecular formula is C15H19BrN2O3. The topological polar surface area (TPSA) is 58.6 Å². The molecule has 0 aliphatic carbocycles. The molecule has 5 nitrogen and oxygen atoms in total. The van der Waals surface area contributed by atoms with E-state index in [0.29, 0.717) is 18.7 Å². The second-order valence-electron chi connectivity index (χ2n) is 5.26. The highest BCUT2D eigenvalue weighted by Crippen LogP contribution is 2.17. The van der Waals surface area contributed by atoms with Crippen LogP contribution in [-0.2, 0) is 9.53 Å². The van der Waals surface area contributed by atoms with Crippen LogP contribution in [0.4, 0.5) is 0 Å². The highest BCUT2D eigenvalue weighted by molar-refractivity contribution is 9.10. The summed E-state index contributed by atoms with van der Waals surface area (Å²) < 4.78 is 6.20. The molecule has 114 valence electrons. The van der Waals surface area contributed by atoms with Crippen LogP contribution in [0.5, 0.6) is 0 Å². The van der Waals surface area contributed by atoms with Crippen LogP contribution in [0.2, 0.25) is 0 Å². The zero-order chi connectivity index (χ0) is 15.4. The molecule has 1 atom stereocenters. The van der Waals surface area contributed by atoms with Gasteiger partial charge in [0.15, 0.2) is 0 Å². The van der Waals surface area contributed by atoms with Gasteiger partial charge in [-0.2, -0.15) is 0 Å². The lowest BCUT2D eigenvalue weighted by molar-refractivity contribution is -0.131. The summed E-state index contributed by atoms with van der Waals surface area (Å²) in [6.45, 7) is 4.88. The second kappa shape index (κ2) is 7.04. The number of amides is 2. The van der Waals surface area contributed by atoms with Gasteiger partial charge in [-0.25, -0.2) is 0 Å². The summed E-state index contributed by atoms with van der Waals surface area (Å²) in [5, 5.41) is 2.84. The summed E-state index contributed by atoms with van der Waals surface area (Å²) in [5.74, 6) is -0.323. The fraction of sp³-hybridized carbons (Fsp3) is 0.467. The molecule has 1 aliphatic heterocycles. The normalized spacial score (nSPS) is 18.7. The van der Waals surface area contributed by atoms with E-state index in [9.17, 15) is 9.59 Å². The Labute approximate surface area is 132 Å². The number of carbonyl (C=O) groups excluding carboxylic acids is 2. The first-order valence-electron chi connectivity index (χ1n) is 6.93. The molecule has 0 saturated carbocycles. The van der Waals surface area contributed by atoms with E-state index in [1.54, 1.807) is 23.1 Å². The van der Waals surface area contributed by atoms with Crippen molar-refractivity contribution in [2.75, 3.05) is 19.8 Å². The molecule has 1 fully saturated rings. The van der Waals surface area contributed by atoms with E-state index in [1.807, 2.05) is 19.9 Å². The third-order valence-electron chi connectivity index (χ3n) is 3.19. The molecule has 0 bridgehead atoms. The summed E-state index contributed by atoms with van der Waals surface area (Å²) in [6, 6.07) is 6.63. The molecule has 1 aromatic carbocycles. The number of hydrogen-bond donors (Lipinski definition) is 1. The molecule has 21 heavy (non-hydrogen) atoms. The first-order chi connectivity index (χ1) is 9.99. The van der Waals surface area contributed by atoms with Gasteiger partial charge in [0.05, 0.1) is 13.2 Å². The average Bonchev–Trinajstić information content (AvgIpc) is 2.46. The molecule has 2 amide bonds. The zero-order valence-electron chi connectivity index (χ0n) is 12.1. The first-order valence-corrected chi connectivity index (χ1v) is 7.73. The Balaban J connectivity index is 2.18. The highest BCUT2D eigenvalue weighted by Gasteiger charge is 2.33. The molecule has 6 heteroatoms. The van der Waals surface area contributed by atoms with Gasteiger partial charge < -0.3 is 15.0 Å². The van der Waals surface area contributed by atoms with E-state index in [1.165, 1.54) is 0 Å². The van der Waals surface area contributed by atoms with Crippen molar-refractivity contribution in [1.82, 2.24) is 10.2 Å². The molecule has 1 N–H and O–H groups in total. The number of halogens is 1. The average molecular weight is 355 g/mol. The number of ether oxygens (including phenoxy) is 1. The van der Waals surface area contributed by atoms with E-state index in [-0.39, 0.29) is 24.5 Å². The molecular weight excluding hydrogens is 336 g/mol. The third kappa shape index (κ3) is 4.04. The van der Waals surface area contributed by atoms with Crippen LogP contribution in [-0.4, -0.2) is 48.6 Å². The van der Waals surface area contributed by atoms with Gasteiger partial charge in [-0.05, 0) is 32.0 Å². The number of benzene rings is 1. The molecule has 0 radical (unpaired) electrons. The largest absolute Gasteiger partial charge is 0.377 e. The molecule has 0 spiro atoms. The van der Waals surface area contributed by atoms with Gasteiger partial charge in [0.2, 0.25) is 5.91 Å². The number of hydrogen-bond acceptors (Lipinski definition) is 3. The van der Waals surface area contributed by atoms with Crippen LogP contribution in [0.1, 0.15) is 24.2 Å². The predicted octanol–water partition coefficient (Wildman–Crippen LogP) is 1.81. The van der Waals surface area contributed by atoms with E-state index >= 15 is 0 Å². The van der Waals surface area contributed by atoms with Gasteiger partial charge >= 0.3 is 0 Å². The van der Waals surface area contributed by atoms with Crippen molar-refractivity contribution in [2.24, 2.45) is 0 Å². The maximum atomic E-state index is 12.6. The van der Waals surface area contributed by atoms with Crippen molar-refractivity contribution in [3.05, 3.63) is 34.3 Å². The van der Waals surface area contributed by atoms with Crippen LogP contribution in [0.25, 0.3) is 0 Å². The lowest BCUT2D eigenvalue weighted by atomic mass is 10.1. The Hall–Kier alpha value is -1.40. The van der Waals surface area contributed by atoms with Gasteiger partial charge in [0.25, 0.3) is 5.91 Å². The fourth-order valence-corrected chi connectivity index (χ4v) is 2.63. The summed E-state index contributed by atoms with van der Waals surface area (Å²) in [5.41, 5.74) is 0.564. The molecule has 0 aromatic heterocycles. The number of carbonyl (C=O) groups is 2. The summed E-state index contributed by atoms with van der Waals surface area (Å²) in [4.78, 5) is 26.4. The Morgan fingerprint density at radius 2 is 2.19 bits per heavy atom. The van der Waals surface area contributed by atoms with Crippen molar-refractivity contribution in [1.29, 1.82) is 0 Å². The molecule has 1 saturated heterocycles. The number of nitrogens with zero attached hydrogens (tertiary/aromatic N) is 1. The number of morpholine rings is 1. The fourth-order valence-electron chi connectivity index (χ4n) is 2.23.